The molecule has 0 saturated heterocycles. The number of hydrogen-bond acceptors (Lipinski definition) is 3. The molecule has 4 aromatic rings. The van der Waals surface area contributed by atoms with Crippen molar-refractivity contribution in [2.45, 2.75) is 72.6 Å². The van der Waals surface area contributed by atoms with E-state index >= 15 is 0 Å². The van der Waals surface area contributed by atoms with E-state index in [9.17, 15) is 9.59 Å². The predicted octanol–water partition coefficient (Wildman–Crippen LogP) is 7.06. The number of carbonyl (C=O) groups is 2. The lowest BCUT2D eigenvalue weighted by molar-refractivity contribution is -0.113. The predicted molar refractivity (Wildman–Crippen MR) is 154 cm³/mol. The van der Waals surface area contributed by atoms with E-state index in [1.165, 1.54) is 5.56 Å². The average Bonchev–Trinajstić information content (AvgIpc) is 3.12. The number of fused-ring (bicyclic) bond motifs is 1. The molecule has 0 radical (unpaired) electrons. The molecular weight excluding hydrogens is 472 g/mol. The molecule has 2 atom stereocenters. The highest BCUT2D eigenvalue weighted by atomic mass is 16.5. The van der Waals surface area contributed by atoms with Crippen LogP contribution < -0.4 is 10.1 Å². The molecule has 0 aliphatic carbocycles. The Morgan fingerprint density at radius 1 is 1.00 bits per heavy atom. The lowest BCUT2D eigenvalue weighted by atomic mass is 9.85. The van der Waals surface area contributed by atoms with Crippen LogP contribution in [0.1, 0.15) is 79.0 Å². The Labute approximate surface area is 225 Å². The number of ether oxygens (including phenoxy) is 1. The van der Waals surface area contributed by atoms with Crippen LogP contribution in [-0.2, 0) is 16.8 Å². The minimum absolute atomic E-state index is 0.0512. The molecule has 198 valence electrons. The molecule has 38 heavy (non-hydrogen) atoms. The monoisotopic (exact) mass is 510 g/mol. The van der Waals surface area contributed by atoms with Gasteiger partial charge in [-0.1, -0.05) is 57.2 Å². The molecule has 0 aliphatic rings. The number of carbonyl (C=O) groups excluding carboxylic acids is 2. The average molecular weight is 511 g/mol. The van der Waals surface area contributed by atoms with Gasteiger partial charge < -0.3 is 14.6 Å². The highest BCUT2D eigenvalue weighted by molar-refractivity contribution is 5.99. The van der Waals surface area contributed by atoms with Gasteiger partial charge in [-0.2, -0.15) is 0 Å². The van der Waals surface area contributed by atoms with Crippen LogP contribution >= 0.6 is 0 Å². The maximum absolute atomic E-state index is 13.2. The summed E-state index contributed by atoms with van der Waals surface area (Å²) >= 11 is 0. The molecule has 5 nitrogen and oxygen atoms in total. The number of hydrogen-bond donors (Lipinski definition) is 1. The van der Waals surface area contributed by atoms with E-state index < -0.39 is 6.10 Å². The van der Waals surface area contributed by atoms with E-state index in [4.69, 9.17) is 4.74 Å². The van der Waals surface area contributed by atoms with Gasteiger partial charge in [0.15, 0.2) is 12.4 Å². The maximum Gasteiger partial charge on any atom is 0.251 e. The van der Waals surface area contributed by atoms with Crippen molar-refractivity contribution in [1.29, 1.82) is 0 Å². The van der Waals surface area contributed by atoms with Crippen LogP contribution in [0.4, 0.5) is 0 Å². The zero-order valence-corrected chi connectivity index (χ0v) is 23.5. The third kappa shape index (κ3) is 5.83. The van der Waals surface area contributed by atoms with Gasteiger partial charge in [-0.3, -0.25) is 9.59 Å². The SMILES string of the molecule is Cc1c(C)n(Cc2cccc(O[C@@H](C)C=O)c2)c2ccc(C(=O)N[C@@H](C)c3cccc(C(C)(C)C)c3)cc12. The van der Waals surface area contributed by atoms with Crippen LogP contribution in [0.5, 0.6) is 5.75 Å². The van der Waals surface area contributed by atoms with Crippen molar-refractivity contribution in [3.63, 3.8) is 0 Å². The van der Waals surface area contributed by atoms with Gasteiger partial charge in [-0.05, 0) is 85.7 Å². The topological polar surface area (TPSA) is 60.3 Å². The number of nitrogens with one attached hydrogen (secondary N) is 1. The molecule has 1 heterocycles. The zero-order valence-electron chi connectivity index (χ0n) is 23.5. The second-order valence-electron chi connectivity index (χ2n) is 11.2. The van der Waals surface area contributed by atoms with E-state index in [1.54, 1.807) is 6.92 Å². The summed E-state index contributed by atoms with van der Waals surface area (Å²) in [7, 11) is 0. The number of rotatable bonds is 8. The van der Waals surface area contributed by atoms with Gasteiger partial charge in [0, 0.05) is 28.7 Å². The Morgan fingerprint density at radius 2 is 1.74 bits per heavy atom. The normalized spacial score (nSPS) is 13.2. The molecular formula is C33H38N2O3. The Hall–Kier alpha value is -3.86. The van der Waals surface area contributed by atoms with Gasteiger partial charge in [0.25, 0.3) is 5.91 Å². The highest BCUT2D eigenvalue weighted by Crippen LogP contribution is 2.29. The van der Waals surface area contributed by atoms with Gasteiger partial charge in [0.2, 0.25) is 0 Å². The Balaban J connectivity index is 1.57. The summed E-state index contributed by atoms with van der Waals surface area (Å²) < 4.78 is 7.93. The standard InChI is InChI=1S/C33H38N2O3/c1-21(20-36)38-29-13-8-10-25(16-29)19-35-24(4)22(2)30-18-27(14-15-31(30)35)32(37)34-23(3)26-11-9-12-28(17-26)33(5,6)7/h8-18,20-21,23H,19H2,1-7H3,(H,34,37)/t21-,23-/m0/s1. The van der Waals surface area contributed by atoms with Crippen molar-refractivity contribution in [3.8, 4) is 5.75 Å². The number of aldehydes is 1. The smallest absolute Gasteiger partial charge is 0.251 e. The summed E-state index contributed by atoms with van der Waals surface area (Å²) in [5, 5.41) is 4.25. The number of aryl methyl sites for hydroxylation is 1. The number of amides is 1. The molecule has 3 aromatic carbocycles. The lowest BCUT2D eigenvalue weighted by Gasteiger charge is -2.22. The fraction of sp³-hybridized carbons (Fsp3) is 0.333. The lowest BCUT2D eigenvalue weighted by Crippen LogP contribution is -2.27. The summed E-state index contributed by atoms with van der Waals surface area (Å²) in [5.41, 5.74) is 7.51. The van der Waals surface area contributed by atoms with Crippen molar-refractivity contribution >= 4 is 23.1 Å². The first-order valence-electron chi connectivity index (χ1n) is 13.2. The maximum atomic E-state index is 13.2. The van der Waals surface area contributed by atoms with Crippen LogP contribution in [0.3, 0.4) is 0 Å². The van der Waals surface area contributed by atoms with E-state index in [-0.39, 0.29) is 17.4 Å². The minimum atomic E-state index is -0.489. The molecule has 0 bridgehead atoms. The van der Waals surface area contributed by atoms with Crippen LogP contribution in [-0.4, -0.2) is 22.9 Å². The van der Waals surface area contributed by atoms with E-state index in [0.29, 0.717) is 17.9 Å². The van der Waals surface area contributed by atoms with Crippen LogP contribution in [0.2, 0.25) is 0 Å². The Morgan fingerprint density at radius 3 is 2.45 bits per heavy atom. The number of benzene rings is 3. The number of nitrogens with zero attached hydrogens (tertiary/aromatic N) is 1. The van der Waals surface area contributed by atoms with Crippen LogP contribution in [0.25, 0.3) is 10.9 Å². The summed E-state index contributed by atoms with van der Waals surface area (Å²) in [4.78, 5) is 24.2. The first kappa shape index (κ1) is 27.2. The van der Waals surface area contributed by atoms with Crippen molar-refractivity contribution in [2.75, 3.05) is 0 Å². The van der Waals surface area contributed by atoms with Gasteiger partial charge in [0.05, 0.1) is 6.04 Å². The van der Waals surface area contributed by atoms with E-state index in [0.717, 1.165) is 39.6 Å². The van der Waals surface area contributed by atoms with Crippen molar-refractivity contribution < 1.29 is 14.3 Å². The second kappa shape index (κ2) is 10.9. The van der Waals surface area contributed by atoms with Gasteiger partial charge >= 0.3 is 0 Å². The van der Waals surface area contributed by atoms with Crippen molar-refractivity contribution in [1.82, 2.24) is 9.88 Å². The zero-order chi connectivity index (χ0) is 27.6. The summed E-state index contributed by atoms with van der Waals surface area (Å²) in [6.07, 6.45) is 0.299. The third-order valence-corrected chi connectivity index (χ3v) is 7.25. The molecule has 0 unspecified atom stereocenters. The van der Waals surface area contributed by atoms with Crippen LogP contribution in [0.15, 0.2) is 66.7 Å². The van der Waals surface area contributed by atoms with E-state index in [2.05, 4.69) is 74.8 Å². The first-order chi connectivity index (χ1) is 18.0. The van der Waals surface area contributed by atoms with Crippen molar-refractivity contribution in [2.24, 2.45) is 0 Å². The largest absolute Gasteiger partial charge is 0.483 e. The van der Waals surface area contributed by atoms with Crippen LogP contribution in [0, 0.1) is 13.8 Å². The quantitative estimate of drug-likeness (QED) is 0.258. The fourth-order valence-corrected chi connectivity index (χ4v) is 4.77. The third-order valence-electron chi connectivity index (χ3n) is 7.25. The summed E-state index contributed by atoms with van der Waals surface area (Å²) in [6, 6.07) is 22.1. The molecule has 0 fully saturated rings. The summed E-state index contributed by atoms with van der Waals surface area (Å²) in [6.45, 7) is 15.2. The molecule has 0 aliphatic heterocycles. The van der Waals surface area contributed by atoms with Gasteiger partial charge in [0.1, 0.15) is 5.75 Å². The van der Waals surface area contributed by atoms with E-state index in [1.807, 2.05) is 43.3 Å². The Kier molecular flexibility index (Phi) is 7.77. The van der Waals surface area contributed by atoms with Gasteiger partial charge in [-0.15, -0.1) is 0 Å². The first-order valence-corrected chi connectivity index (χ1v) is 13.2. The summed E-state index contributed by atoms with van der Waals surface area (Å²) in [5.74, 6) is 0.591. The highest BCUT2D eigenvalue weighted by Gasteiger charge is 2.18. The molecule has 0 saturated carbocycles. The minimum Gasteiger partial charge on any atom is -0.483 e. The molecule has 0 spiro atoms. The van der Waals surface area contributed by atoms with Gasteiger partial charge in [-0.25, -0.2) is 0 Å². The molecule has 5 heteroatoms. The number of aromatic nitrogens is 1. The second-order valence-corrected chi connectivity index (χ2v) is 11.2. The molecule has 1 N–H and O–H groups in total. The molecule has 1 aromatic heterocycles. The molecule has 1 amide bonds. The van der Waals surface area contributed by atoms with Crippen molar-refractivity contribution in [3.05, 3.63) is 100 Å². The Bertz CT molecular complexity index is 1480. The fourth-order valence-electron chi connectivity index (χ4n) is 4.77. The molecule has 4 rings (SSSR count).